The van der Waals surface area contributed by atoms with Gasteiger partial charge in [-0.2, -0.15) is 8.78 Å². The zero-order valence-electron chi connectivity index (χ0n) is 19.4. The van der Waals surface area contributed by atoms with E-state index in [4.69, 9.17) is 4.74 Å². The SMILES string of the molecule is CC1CCCC(NC(=O)C(F)(F)CNC(=O)OCC2c3ccccc3-c3ccccc32)(C(=O)O)C1. The molecular weight excluding hydrogens is 458 g/mol. The summed E-state index contributed by atoms with van der Waals surface area (Å²) in [6.07, 6.45) is 0.346. The Kier molecular flexibility index (Phi) is 6.78. The monoisotopic (exact) mass is 486 g/mol. The van der Waals surface area contributed by atoms with Crippen LogP contribution in [0.4, 0.5) is 13.6 Å². The molecule has 4 rings (SSSR count). The Labute approximate surface area is 201 Å². The number of carboxylic acids is 1. The van der Waals surface area contributed by atoms with Crippen molar-refractivity contribution >= 4 is 18.0 Å². The second-order valence-corrected chi connectivity index (χ2v) is 9.43. The van der Waals surface area contributed by atoms with Gasteiger partial charge in [-0.15, -0.1) is 0 Å². The van der Waals surface area contributed by atoms with Crippen LogP contribution < -0.4 is 10.6 Å². The van der Waals surface area contributed by atoms with Gasteiger partial charge in [-0.1, -0.05) is 68.3 Å². The second-order valence-electron chi connectivity index (χ2n) is 9.43. The van der Waals surface area contributed by atoms with Crippen LogP contribution in [0.5, 0.6) is 0 Å². The standard InChI is InChI=1S/C26H28F2N2O5/c1-16-7-6-12-25(13-16,23(32)33)30-22(31)26(27,28)15-29-24(34)35-14-21-19-10-4-2-8-17(19)18-9-3-5-11-20(18)21/h2-5,8-11,16,21H,6-7,12-15H2,1H3,(H,29,34)(H,30,31)(H,32,33). The fourth-order valence-corrected chi connectivity index (χ4v) is 5.13. The lowest BCUT2D eigenvalue weighted by atomic mass is 9.76. The first-order valence-corrected chi connectivity index (χ1v) is 11.7. The van der Waals surface area contributed by atoms with Crippen molar-refractivity contribution in [3.8, 4) is 11.1 Å². The number of benzene rings is 2. The zero-order chi connectivity index (χ0) is 25.2. The first-order chi connectivity index (χ1) is 16.6. The van der Waals surface area contributed by atoms with E-state index in [2.05, 4.69) is 0 Å². The van der Waals surface area contributed by atoms with Crippen LogP contribution in [0.3, 0.4) is 0 Å². The summed E-state index contributed by atoms with van der Waals surface area (Å²) in [6.45, 7) is 0.457. The van der Waals surface area contributed by atoms with Crippen LogP contribution in [0.25, 0.3) is 11.1 Å². The summed E-state index contributed by atoms with van der Waals surface area (Å²) in [5.41, 5.74) is 2.29. The van der Waals surface area contributed by atoms with Gasteiger partial charge in [0, 0.05) is 5.92 Å². The Morgan fingerprint density at radius 2 is 1.69 bits per heavy atom. The van der Waals surface area contributed by atoms with Crippen molar-refractivity contribution in [2.24, 2.45) is 5.92 Å². The van der Waals surface area contributed by atoms with Gasteiger partial charge in [0.1, 0.15) is 12.1 Å². The second kappa shape index (κ2) is 9.64. The number of ether oxygens (including phenoxy) is 1. The predicted molar refractivity (Wildman–Crippen MR) is 124 cm³/mol. The largest absolute Gasteiger partial charge is 0.480 e. The van der Waals surface area contributed by atoms with Gasteiger partial charge in [-0.05, 0) is 41.0 Å². The summed E-state index contributed by atoms with van der Waals surface area (Å²) in [6, 6.07) is 15.4. The van der Waals surface area contributed by atoms with Crippen LogP contribution in [0.1, 0.15) is 49.7 Å². The van der Waals surface area contributed by atoms with Gasteiger partial charge < -0.3 is 20.5 Å². The van der Waals surface area contributed by atoms with Gasteiger partial charge in [0.05, 0.1) is 6.54 Å². The number of halogens is 2. The molecule has 2 aliphatic rings. The summed E-state index contributed by atoms with van der Waals surface area (Å²) in [4.78, 5) is 36.3. The Bertz CT molecular complexity index is 1090. The number of fused-ring (bicyclic) bond motifs is 3. The smallest absolute Gasteiger partial charge is 0.407 e. The summed E-state index contributed by atoms with van der Waals surface area (Å²) in [5.74, 6) is -7.33. The Morgan fingerprint density at radius 3 is 2.26 bits per heavy atom. The van der Waals surface area contributed by atoms with Gasteiger partial charge in [-0.25, -0.2) is 9.59 Å². The molecule has 7 nitrogen and oxygen atoms in total. The number of nitrogens with one attached hydrogen (secondary N) is 2. The molecule has 3 N–H and O–H groups in total. The lowest BCUT2D eigenvalue weighted by molar-refractivity contribution is -0.157. The lowest BCUT2D eigenvalue weighted by Gasteiger charge is -2.37. The number of carbonyl (C=O) groups excluding carboxylic acids is 2. The number of carbonyl (C=O) groups is 3. The molecule has 0 heterocycles. The summed E-state index contributed by atoms with van der Waals surface area (Å²) < 4.78 is 34.3. The predicted octanol–water partition coefficient (Wildman–Crippen LogP) is 4.31. The molecule has 9 heteroatoms. The summed E-state index contributed by atoms with van der Waals surface area (Å²) in [5, 5.41) is 13.6. The van der Waals surface area contributed by atoms with Gasteiger partial charge in [0.25, 0.3) is 5.91 Å². The molecule has 35 heavy (non-hydrogen) atoms. The summed E-state index contributed by atoms with van der Waals surface area (Å²) in [7, 11) is 0. The number of amides is 2. The third-order valence-corrected chi connectivity index (χ3v) is 6.89. The van der Waals surface area contributed by atoms with E-state index in [0.29, 0.717) is 6.42 Å². The molecule has 186 valence electrons. The highest BCUT2D eigenvalue weighted by Crippen LogP contribution is 2.44. The van der Waals surface area contributed by atoms with Crippen LogP contribution in [-0.2, 0) is 14.3 Å². The number of alkyl carbamates (subject to hydrolysis) is 1. The van der Waals surface area contributed by atoms with Gasteiger partial charge >= 0.3 is 18.0 Å². The molecule has 0 aromatic heterocycles. The maximum Gasteiger partial charge on any atom is 0.407 e. The van der Waals surface area contributed by atoms with E-state index in [0.717, 1.165) is 28.7 Å². The number of hydrogen-bond acceptors (Lipinski definition) is 4. The molecule has 2 aromatic rings. The minimum atomic E-state index is -4.01. The minimum Gasteiger partial charge on any atom is -0.480 e. The normalized spacial score (nSPS) is 21.5. The molecule has 2 aromatic carbocycles. The van der Waals surface area contributed by atoms with Crippen molar-refractivity contribution in [1.82, 2.24) is 10.6 Å². The van der Waals surface area contributed by atoms with Gasteiger partial charge in [0.2, 0.25) is 0 Å². The number of hydrogen-bond donors (Lipinski definition) is 3. The molecule has 2 unspecified atom stereocenters. The van der Waals surface area contributed by atoms with E-state index in [1.807, 2.05) is 66.1 Å². The van der Waals surface area contributed by atoms with E-state index >= 15 is 0 Å². The number of carboxylic acid groups (broad SMARTS) is 1. The molecule has 0 bridgehead atoms. The lowest BCUT2D eigenvalue weighted by Crippen LogP contribution is -2.61. The Hall–Kier alpha value is -3.49. The molecule has 2 aliphatic carbocycles. The van der Waals surface area contributed by atoms with Crippen LogP contribution in [0, 0.1) is 5.92 Å². The van der Waals surface area contributed by atoms with E-state index in [1.165, 1.54) is 0 Å². The third-order valence-electron chi connectivity index (χ3n) is 6.89. The highest BCUT2D eigenvalue weighted by molar-refractivity contribution is 5.91. The minimum absolute atomic E-state index is 0.0206. The molecule has 2 atom stereocenters. The molecular formula is C26H28F2N2O5. The average molecular weight is 487 g/mol. The van der Waals surface area contributed by atoms with Crippen molar-refractivity contribution in [1.29, 1.82) is 0 Å². The number of rotatable bonds is 7. The van der Waals surface area contributed by atoms with Crippen LogP contribution in [-0.4, -0.2) is 47.7 Å². The van der Waals surface area contributed by atoms with Crippen molar-refractivity contribution in [3.05, 3.63) is 59.7 Å². The highest BCUT2D eigenvalue weighted by Gasteiger charge is 2.49. The third kappa shape index (κ3) is 4.99. The van der Waals surface area contributed by atoms with Gasteiger partial charge in [-0.3, -0.25) is 4.79 Å². The Balaban J connectivity index is 1.34. The number of alkyl halides is 2. The molecule has 0 saturated heterocycles. The molecule has 0 spiro atoms. The van der Waals surface area contributed by atoms with E-state index in [-0.39, 0.29) is 31.3 Å². The quantitative estimate of drug-likeness (QED) is 0.541. The fourth-order valence-electron chi connectivity index (χ4n) is 5.13. The van der Waals surface area contributed by atoms with Gasteiger partial charge in [0.15, 0.2) is 0 Å². The van der Waals surface area contributed by atoms with Crippen molar-refractivity contribution in [2.75, 3.05) is 13.2 Å². The summed E-state index contributed by atoms with van der Waals surface area (Å²) >= 11 is 0. The topological polar surface area (TPSA) is 105 Å². The van der Waals surface area contributed by atoms with Crippen molar-refractivity contribution in [3.63, 3.8) is 0 Å². The first-order valence-electron chi connectivity index (χ1n) is 11.7. The number of aliphatic carboxylic acids is 1. The van der Waals surface area contributed by atoms with Crippen molar-refractivity contribution in [2.45, 2.75) is 50.0 Å². The highest BCUT2D eigenvalue weighted by atomic mass is 19.3. The molecule has 1 fully saturated rings. The zero-order valence-corrected chi connectivity index (χ0v) is 19.4. The van der Waals surface area contributed by atoms with Crippen LogP contribution in [0.15, 0.2) is 48.5 Å². The molecule has 2 amide bonds. The van der Waals surface area contributed by atoms with E-state index in [9.17, 15) is 28.3 Å². The molecule has 0 radical (unpaired) electrons. The Morgan fingerprint density at radius 1 is 1.09 bits per heavy atom. The van der Waals surface area contributed by atoms with E-state index < -0.39 is 36.0 Å². The maximum absolute atomic E-state index is 14.5. The van der Waals surface area contributed by atoms with Crippen LogP contribution >= 0.6 is 0 Å². The first kappa shape index (κ1) is 24.6. The van der Waals surface area contributed by atoms with Crippen molar-refractivity contribution < 1.29 is 33.0 Å². The maximum atomic E-state index is 14.5. The van der Waals surface area contributed by atoms with Crippen LogP contribution in [0.2, 0.25) is 0 Å². The fraction of sp³-hybridized carbons (Fsp3) is 0.423. The average Bonchev–Trinajstić information content (AvgIpc) is 3.15. The molecule has 1 saturated carbocycles. The van der Waals surface area contributed by atoms with E-state index in [1.54, 1.807) is 0 Å². The molecule has 0 aliphatic heterocycles.